The van der Waals surface area contributed by atoms with Gasteiger partial charge in [-0.1, -0.05) is 44.0 Å². The molecule has 0 bridgehead atoms. The summed E-state index contributed by atoms with van der Waals surface area (Å²) in [7, 11) is 1.33. The van der Waals surface area contributed by atoms with Crippen LogP contribution < -0.4 is 4.74 Å². The van der Waals surface area contributed by atoms with Crippen LogP contribution in [0.5, 0.6) is 5.75 Å². The summed E-state index contributed by atoms with van der Waals surface area (Å²) in [6, 6.07) is 11.0. The Morgan fingerprint density at radius 3 is 2.20 bits per heavy atom. The third-order valence-corrected chi connectivity index (χ3v) is 5.50. The second-order valence-electron chi connectivity index (χ2n) is 7.07. The van der Waals surface area contributed by atoms with E-state index in [1.807, 2.05) is 12.1 Å². The molecule has 0 aliphatic heterocycles. The van der Waals surface area contributed by atoms with Gasteiger partial charge in [0.2, 0.25) is 5.82 Å². The van der Waals surface area contributed by atoms with Crippen LogP contribution >= 0.6 is 0 Å². The van der Waals surface area contributed by atoms with Gasteiger partial charge in [0, 0.05) is 5.56 Å². The first-order valence-electron chi connectivity index (χ1n) is 9.26. The lowest BCUT2D eigenvalue weighted by Gasteiger charge is -2.28. The first-order chi connectivity index (χ1) is 12.1. The summed E-state index contributed by atoms with van der Waals surface area (Å²) in [5.41, 5.74) is 2.28. The second kappa shape index (κ2) is 7.99. The molecule has 0 saturated heterocycles. The van der Waals surface area contributed by atoms with Crippen LogP contribution in [0.4, 0.5) is 8.78 Å². The van der Waals surface area contributed by atoms with Gasteiger partial charge in [-0.25, -0.2) is 4.39 Å². The molecule has 1 aliphatic rings. The number of benzene rings is 2. The van der Waals surface area contributed by atoms with E-state index in [-0.39, 0.29) is 11.3 Å². The maximum atomic E-state index is 14.3. The third kappa shape index (κ3) is 3.86. The maximum absolute atomic E-state index is 14.3. The number of hydrogen-bond acceptors (Lipinski definition) is 1. The smallest absolute Gasteiger partial charge is 0.201 e. The van der Waals surface area contributed by atoms with Gasteiger partial charge in [-0.2, -0.15) is 4.39 Å². The predicted octanol–water partition coefficient (Wildman–Crippen LogP) is 6.71. The lowest BCUT2D eigenvalue weighted by atomic mass is 9.77. The van der Waals surface area contributed by atoms with Crippen LogP contribution in [0.15, 0.2) is 36.4 Å². The summed E-state index contributed by atoms with van der Waals surface area (Å²) in [5.74, 6) is -0.372. The largest absolute Gasteiger partial charge is 0.494 e. The normalized spacial score (nSPS) is 20.5. The molecule has 1 aliphatic carbocycles. The van der Waals surface area contributed by atoms with Crippen LogP contribution in [0.1, 0.15) is 56.9 Å². The summed E-state index contributed by atoms with van der Waals surface area (Å²) in [4.78, 5) is 0. The van der Waals surface area contributed by atoms with Gasteiger partial charge in [-0.15, -0.1) is 0 Å². The Kier molecular flexibility index (Phi) is 5.72. The zero-order valence-electron chi connectivity index (χ0n) is 15.0. The quantitative estimate of drug-likeness (QED) is 0.585. The molecule has 1 saturated carbocycles. The summed E-state index contributed by atoms with van der Waals surface area (Å²) in [6.45, 7) is 2.26. The molecule has 1 fully saturated rings. The van der Waals surface area contributed by atoms with Crippen LogP contribution in [0, 0.1) is 17.6 Å². The van der Waals surface area contributed by atoms with E-state index < -0.39 is 11.6 Å². The fraction of sp³-hybridized carbons (Fsp3) is 0.455. The number of halogens is 2. The van der Waals surface area contributed by atoms with E-state index in [0.717, 1.165) is 5.92 Å². The van der Waals surface area contributed by atoms with Gasteiger partial charge >= 0.3 is 0 Å². The van der Waals surface area contributed by atoms with Gasteiger partial charge in [0.05, 0.1) is 7.11 Å². The minimum absolute atomic E-state index is 0.0679. The molecule has 0 heterocycles. The van der Waals surface area contributed by atoms with Gasteiger partial charge in [0.15, 0.2) is 11.6 Å². The van der Waals surface area contributed by atoms with Crippen molar-refractivity contribution in [1.29, 1.82) is 0 Å². The Bertz CT molecular complexity index is 701. The van der Waals surface area contributed by atoms with Crippen molar-refractivity contribution >= 4 is 0 Å². The fourth-order valence-electron chi connectivity index (χ4n) is 4.04. The molecule has 2 aromatic rings. The van der Waals surface area contributed by atoms with Gasteiger partial charge in [0.1, 0.15) is 0 Å². The zero-order chi connectivity index (χ0) is 17.8. The van der Waals surface area contributed by atoms with Crippen molar-refractivity contribution in [3.63, 3.8) is 0 Å². The SMILES string of the molecule is CCCC1CCC(c2ccc(-c3ccc(OC)c(F)c3F)cc2)CC1. The van der Waals surface area contributed by atoms with Crippen molar-refractivity contribution in [2.24, 2.45) is 5.92 Å². The van der Waals surface area contributed by atoms with Gasteiger partial charge in [-0.05, 0) is 60.8 Å². The van der Waals surface area contributed by atoms with Gasteiger partial charge in [0.25, 0.3) is 0 Å². The predicted molar refractivity (Wildman–Crippen MR) is 98.0 cm³/mol. The highest BCUT2D eigenvalue weighted by molar-refractivity contribution is 5.65. The molecule has 25 heavy (non-hydrogen) atoms. The molecule has 0 atom stereocenters. The van der Waals surface area contributed by atoms with Gasteiger partial charge in [-0.3, -0.25) is 0 Å². The highest BCUT2D eigenvalue weighted by Crippen LogP contribution is 2.38. The molecule has 134 valence electrons. The Balaban J connectivity index is 1.74. The van der Waals surface area contributed by atoms with Crippen LogP contribution in [-0.2, 0) is 0 Å². The molecule has 0 amide bonds. The molecule has 0 N–H and O–H groups in total. The second-order valence-corrected chi connectivity index (χ2v) is 7.07. The van der Waals surface area contributed by atoms with Crippen LogP contribution in [0.25, 0.3) is 11.1 Å². The maximum Gasteiger partial charge on any atom is 0.201 e. The summed E-state index contributed by atoms with van der Waals surface area (Å²) in [5, 5.41) is 0. The first kappa shape index (κ1) is 17.9. The summed E-state index contributed by atoms with van der Waals surface area (Å²) in [6.07, 6.45) is 7.68. The molecule has 0 aromatic heterocycles. The number of ether oxygens (including phenoxy) is 1. The molecule has 0 radical (unpaired) electrons. The summed E-state index contributed by atoms with van der Waals surface area (Å²) < 4.78 is 33.0. The van der Waals surface area contributed by atoms with E-state index in [0.29, 0.717) is 11.5 Å². The Labute approximate surface area is 149 Å². The molecular weight excluding hydrogens is 318 g/mol. The Hall–Kier alpha value is -1.90. The Morgan fingerprint density at radius 1 is 0.920 bits per heavy atom. The van der Waals surface area contributed by atoms with E-state index in [9.17, 15) is 8.78 Å². The minimum atomic E-state index is -0.932. The van der Waals surface area contributed by atoms with E-state index in [4.69, 9.17) is 4.74 Å². The molecule has 1 nitrogen and oxygen atoms in total. The standard InChI is InChI=1S/C22H26F2O/c1-3-4-15-5-7-16(8-6-15)17-9-11-18(12-10-17)19-13-14-20(25-2)22(24)21(19)23/h9-16H,3-8H2,1-2H3. The van der Waals surface area contributed by atoms with Crippen molar-refractivity contribution in [2.75, 3.05) is 7.11 Å². The third-order valence-electron chi connectivity index (χ3n) is 5.50. The first-order valence-corrected chi connectivity index (χ1v) is 9.26. The minimum Gasteiger partial charge on any atom is -0.494 e. The van der Waals surface area contributed by atoms with E-state index in [2.05, 4.69) is 19.1 Å². The van der Waals surface area contributed by atoms with Crippen molar-refractivity contribution in [1.82, 2.24) is 0 Å². The lowest BCUT2D eigenvalue weighted by Crippen LogP contribution is -2.13. The number of hydrogen-bond donors (Lipinski definition) is 0. The average molecular weight is 344 g/mol. The molecule has 2 aromatic carbocycles. The van der Waals surface area contributed by atoms with Crippen molar-refractivity contribution in [3.05, 3.63) is 53.6 Å². The van der Waals surface area contributed by atoms with Crippen molar-refractivity contribution in [2.45, 2.75) is 51.4 Å². The fourth-order valence-corrected chi connectivity index (χ4v) is 4.04. The average Bonchev–Trinajstić information content (AvgIpc) is 2.65. The monoisotopic (exact) mass is 344 g/mol. The lowest BCUT2D eigenvalue weighted by molar-refractivity contribution is 0.308. The van der Waals surface area contributed by atoms with Gasteiger partial charge < -0.3 is 4.74 Å². The van der Waals surface area contributed by atoms with Crippen molar-refractivity contribution < 1.29 is 13.5 Å². The Morgan fingerprint density at radius 2 is 1.60 bits per heavy atom. The van der Waals surface area contributed by atoms with E-state index >= 15 is 0 Å². The van der Waals surface area contributed by atoms with Crippen molar-refractivity contribution in [3.8, 4) is 16.9 Å². The zero-order valence-corrected chi connectivity index (χ0v) is 15.0. The molecule has 0 spiro atoms. The molecule has 3 heteroatoms. The van der Waals surface area contributed by atoms with E-state index in [1.165, 1.54) is 57.3 Å². The molecular formula is C22H26F2O. The summed E-state index contributed by atoms with van der Waals surface area (Å²) >= 11 is 0. The number of methoxy groups -OCH3 is 1. The van der Waals surface area contributed by atoms with E-state index in [1.54, 1.807) is 6.07 Å². The van der Waals surface area contributed by atoms with Crippen LogP contribution in [-0.4, -0.2) is 7.11 Å². The molecule has 3 rings (SSSR count). The number of rotatable bonds is 5. The van der Waals surface area contributed by atoms with Crippen LogP contribution in [0.3, 0.4) is 0 Å². The topological polar surface area (TPSA) is 9.23 Å². The van der Waals surface area contributed by atoms with Crippen LogP contribution in [0.2, 0.25) is 0 Å². The highest BCUT2D eigenvalue weighted by Gasteiger charge is 2.22. The molecule has 0 unspecified atom stereocenters. The highest BCUT2D eigenvalue weighted by atomic mass is 19.2.